The summed E-state index contributed by atoms with van der Waals surface area (Å²) < 4.78 is 0. The Morgan fingerprint density at radius 1 is 0.431 bits per heavy atom. The Kier molecular flexibility index (Phi) is 30.4. The summed E-state index contributed by atoms with van der Waals surface area (Å²) in [6.07, 6.45) is -3.78. The topological polar surface area (TPSA) is 518 Å². The van der Waals surface area contributed by atoms with E-state index in [1.165, 1.54) is 19.4 Å². The lowest BCUT2D eigenvalue weighted by Crippen LogP contribution is -2.63. The lowest BCUT2D eigenvalue weighted by molar-refractivity contribution is -0.143. The Morgan fingerprint density at radius 3 is 1.33 bits per heavy atom. The second-order valence-corrected chi connectivity index (χ2v) is 24.0. The molecule has 0 fully saturated rings. The zero-order valence-corrected chi connectivity index (χ0v) is 55.7. The van der Waals surface area contributed by atoms with Crippen molar-refractivity contribution in [1.82, 2.24) is 63.1 Å². The number of nitrogens with zero attached hydrogens (tertiary/aromatic N) is 1. The fourth-order valence-electron chi connectivity index (χ4n) is 10.3. The maximum Gasteiger partial charge on any atom is 0.326 e. The lowest BCUT2D eigenvalue weighted by Gasteiger charge is -2.28. The minimum atomic E-state index is -2.05. The van der Waals surface area contributed by atoms with E-state index in [-0.39, 0.29) is 25.7 Å². The van der Waals surface area contributed by atoms with Crippen LogP contribution >= 0.6 is 0 Å². The SMILES string of the molecule is C[C@H](NC(=O)[C@@H](N)Cc1c[nH]cn1)C(=O)N[C@@H](CCC(=O)O)C(=O)NCC(=O)N[C@H](C(=O)N[C@@H](Cc1ccccc1)C(=O)N[C@H](C(=O)N[C@@H](CO)C(=O)N[C@@H](CC(=O)O)C(=O)N[C@@H](Cc1ccc(-c2ccccc2)cc1)C(=O)N[C@@H](Cc1ccc(-c2ccccc2)cc1)C(=O)O)[C@@H](C)O)[C@@H](C)O. The van der Waals surface area contributed by atoms with Crippen LogP contribution in [0.25, 0.3) is 22.3 Å². The average molecular weight is 1410 g/mol. The first-order valence-corrected chi connectivity index (χ1v) is 32.3. The number of aromatic nitrogens is 2. The number of hydrogen-bond acceptors (Lipinski definition) is 18. The molecule has 0 aliphatic carbocycles. The molecule has 542 valence electrons. The van der Waals surface area contributed by atoms with Crippen molar-refractivity contribution in [2.45, 2.75) is 138 Å². The molecule has 1 aromatic heterocycles. The molecular weight excluding hydrogens is 1330 g/mol. The van der Waals surface area contributed by atoms with Crippen LogP contribution in [-0.4, -0.2) is 203 Å². The van der Waals surface area contributed by atoms with Crippen molar-refractivity contribution in [3.63, 3.8) is 0 Å². The predicted octanol–water partition coefficient (Wildman–Crippen LogP) is -1.98. The van der Waals surface area contributed by atoms with E-state index >= 15 is 0 Å². The fraction of sp³-hybridized carbons (Fsp3) is 0.343. The molecule has 32 nitrogen and oxygen atoms in total. The van der Waals surface area contributed by atoms with Crippen LogP contribution in [-0.2, 0) is 88.0 Å². The highest BCUT2D eigenvalue weighted by Gasteiger charge is 2.37. The van der Waals surface area contributed by atoms with Gasteiger partial charge in [0.05, 0.1) is 49.8 Å². The van der Waals surface area contributed by atoms with Gasteiger partial charge in [-0.25, -0.2) is 9.78 Å². The molecule has 0 unspecified atom stereocenters. The number of H-pyrrole nitrogens is 1. The van der Waals surface area contributed by atoms with Crippen LogP contribution < -0.4 is 58.9 Å². The number of imidazole rings is 1. The summed E-state index contributed by atoms with van der Waals surface area (Å²) >= 11 is 0. The number of hydrogen-bond donors (Lipinski definition) is 18. The lowest BCUT2D eigenvalue weighted by atomic mass is 9.98. The highest BCUT2D eigenvalue weighted by Crippen LogP contribution is 2.22. The molecule has 6 aromatic rings. The van der Waals surface area contributed by atoms with Crippen molar-refractivity contribution in [3.05, 3.63) is 174 Å². The zero-order chi connectivity index (χ0) is 74.6. The van der Waals surface area contributed by atoms with Gasteiger partial charge in [-0.05, 0) is 66.1 Å². The number of carbonyl (C=O) groups is 13. The smallest absolute Gasteiger partial charge is 0.326 e. The highest BCUT2D eigenvalue weighted by molar-refractivity contribution is 5.99. The van der Waals surface area contributed by atoms with Crippen molar-refractivity contribution in [2.75, 3.05) is 13.2 Å². The maximum absolute atomic E-state index is 14.3. The van der Waals surface area contributed by atoms with E-state index in [0.717, 1.165) is 36.1 Å². The van der Waals surface area contributed by atoms with E-state index in [1.54, 1.807) is 78.9 Å². The summed E-state index contributed by atoms with van der Waals surface area (Å²) in [5.74, 6) is -15.7. The first kappa shape index (κ1) is 79.2. The summed E-state index contributed by atoms with van der Waals surface area (Å²) in [5.41, 5.74) is 11.2. The molecular formula is C70H83N13O19. The van der Waals surface area contributed by atoms with Gasteiger partial charge in [0.1, 0.15) is 54.4 Å². The van der Waals surface area contributed by atoms with Crippen LogP contribution in [0, 0.1) is 0 Å². The number of benzene rings is 5. The van der Waals surface area contributed by atoms with Gasteiger partial charge < -0.3 is 94.5 Å². The normalized spacial score (nSPS) is 14.5. The number of nitrogens with two attached hydrogens (primary N) is 1. The van der Waals surface area contributed by atoms with Crippen LogP contribution in [0.5, 0.6) is 0 Å². The van der Waals surface area contributed by atoms with Crippen molar-refractivity contribution < 1.29 is 93.0 Å². The molecule has 0 saturated carbocycles. The highest BCUT2D eigenvalue weighted by atomic mass is 16.4. The number of nitrogens with one attached hydrogen (secondary N) is 11. The number of aromatic amines is 1. The van der Waals surface area contributed by atoms with Crippen molar-refractivity contribution >= 4 is 77.0 Å². The van der Waals surface area contributed by atoms with Gasteiger partial charge >= 0.3 is 17.9 Å². The van der Waals surface area contributed by atoms with E-state index in [0.29, 0.717) is 22.4 Å². The van der Waals surface area contributed by atoms with Gasteiger partial charge in [0.25, 0.3) is 0 Å². The van der Waals surface area contributed by atoms with Crippen LogP contribution in [0.2, 0.25) is 0 Å². The van der Waals surface area contributed by atoms with Crippen LogP contribution in [0.15, 0.2) is 152 Å². The molecule has 102 heavy (non-hydrogen) atoms. The van der Waals surface area contributed by atoms with Crippen molar-refractivity contribution in [3.8, 4) is 22.3 Å². The molecule has 1 heterocycles. The third-order valence-corrected chi connectivity index (χ3v) is 15.9. The molecule has 0 bridgehead atoms. The van der Waals surface area contributed by atoms with Gasteiger partial charge in [0, 0.05) is 38.3 Å². The third kappa shape index (κ3) is 25.2. The summed E-state index contributed by atoms with van der Waals surface area (Å²) in [4.78, 5) is 181. The number of carbonyl (C=O) groups excluding carboxylic acids is 10. The van der Waals surface area contributed by atoms with Gasteiger partial charge in [-0.2, -0.15) is 0 Å². The largest absolute Gasteiger partial charge is 0.481 e. The van der Waals surface area contributed by atoms with E-state index in [2.05, 4.69) is 63.1 Å². The summed E-state index contributed by atoms with van der Waals surface area (Å²) in [7, 11) is 0. The number of aliphatic hydroxyl groups is 3. The molecule has 0 aliphatic rings. The Balaban J connectivity index is 1.12. The van der Waals surface area contributed by atoms with Crippen LogP contribution in [0.4, 0.5) is 0 Å². The summed E-state index contributed by atoms with van der Waals surface area (Å²) in [6, 6.07) is 23.4. The van der Waals surface area contributed by atoms with Gasteiger partial charge in [-0.3, -0.25) is 57.5 Å². The molecule has 19 N–H and O–H groups in total. The monoisotopic (exact) mass is 1410 g/mol. The zero-order valence-electron chi connectivity index (χ0n) is 55.7. The molecule has 10 amide bonds. The molecule has 0 saturated heterocycles. The van der Waals surface area contributed by atoms with E-state index in [1.807, 2.05) is 60.7 Å². The molecule has 0 spiro atoms. The molecule has 0 radical (unpaired) electrons. The number of aliphatic carboxylic acids is 3. The van der Waals surface area contributed by atoms with Crippen LogP contribution in [0.3, 0.4) is 0 Å². The predicted molar refractivity (Wildman–Crippen MR) is 365 cm³/mol. The molecule has 5 aromatic carbocycles. The van der Waals surface area contributed by atoms with Gasteiger partial charge in [-0.1, -0.05) is 140 Å². The van der Waals surface area contributed by atoms with E-state index in [4.69, 9.17) is 5.73 Å². The van der Waals surface area contributed by atoms with Crippen molar-refractivity contribution in [2.24, 2.45) is 5.73 Å². The molecule has 32 heteroatoms. The third-order valence-electron chi connectivity index (χ3n) is 15.9. The maximum atomic E-state index is 14.3. The average Bonchev–Trinajstić information content (AvgIpc) is 0.942. The first-order chi connectivity index (χ1) is 48.6. The number of carboxylic acid groups (broad SMARTS) is 3. The van der Waals surface area contributed by atoms with E-state index in [9.17, 15) is 93.0 Å². The van der Waals surface area contributed by atoms with E-state index < -0.39 is 182 Å². The van der Waals surface area contributed by atoms with Crippen LogP contribution in [0.1, 0.15) is 62.4 Å². The molecule has 6 rings (SSSR count). The second-order valence-electron chi connectivity index (χ2n) is 24.0. The number of carboxylic acids is 3. The molecule has 12 atom stereocenters. The minimum Gasteiger partial charge on any atom is -0.481 e. The number of amides is 10. The number of aliphatic hydroxyl groups excluding tert-OH is 3. The Hall–Kier alpha value is -11.7. The van der Waals surface area contributed by atoms with Crippen molar-refractivity contribution in [1.29, 1.82) is 0 Å². The van der Waals surface area contributed by atoms with Gasteiger partial charge in [0.2, 0.25) is 59.1 Å². The Bertz CT molecular complexity index is 3850. The van der Waals surface area contributed by atoms with Gasteiger partial charge in [-0.15, -0.1) is 0 Å². The minimum absolute atomic E-state index is 0.00937. The number of rotatable bonds is 39. The summed E-state index contributed by atoms with van der Waals surface area (Å²) in [5, 5.41) is 84.9. The molecule has 0 aliphatic heterocycles. The Labute approximate surface area is 584 Å². The standard InChI is InChI=1S/C70H83N13O19/c1-38(75-62(93)49(71)32-48-34-72-37-74-48)61(92)76-50(27-28-57(88)89)63(94)73-35-56(87)82-59(39(2)85)68(99)79-52(29-41-13-7-4-8-14-41)66(97)83-60(40(3)86)69(100)81-55(36-84)67(98)78-53(33-58(90)91)65(96)77-51(30-42-19-23-46(24-20-42)44-15-9-5-10-16-44)64(95)80-54(70(101)102)31-43-21-25-47(26-22-43)45-17-11-6-12-18-45/h4-26,34,37-40,49-55,59-60,84-86H,27-33,35-36,71H2,1-3H3,(H,72,74)(H,73,94)(H,75,93)(H,76,92)(H,77,96)(H,78,98)(H,79,99)(H,80,95)(H,81,100)(H,82,87)(H,83,97)(H,88,89)(H,90,91)(H,101,102)/t38-,39+,40+,49-,50-,51-,52-,53-,54-,55-,59-,60-/m0/s1. The van der Waals surface area contributed by atoms with Gasteiger partial charge in [0.15, 0.2) is 0 Å². The fourth-order valence-corrected chi connectivity index (χ4v) is 10.3. The Morgan fingerprint density at radius 2 is 0.853 bits per heavy atom. The quantitative estimate of drug-likeness (QED) is 0.0199. The first-order valence-electron chi connectivity index (χ1n) is 32.3. The summed E-state index contributed by atoms with van der Waals surface area (Å²) in [6.45, 7) is 1.23. The second kappa shape index (κ2) is 39.2.